The van der Waals surface area contributed by atoms with Gasteiger partial charge in [0.1, 0.15) is 0 Å². The number of halogens is 8. The molecule has 10 heteroatoms. The number of hydrogen-bond donors (Lipinski definition) is 2. The Morgan fingerprint density at radius 2 is 0.878 bits per heavy atom. The van der Waals surface area contributed by atoms with E-state index in [0.29, 0.717) is 21.8 Å². The van der Waals surface area contributed by atoms with Gasteiger partial charge in [0, 0.05) is 55.4 Å². The monoisotopic (exact) mass is 602 g/mol. The fourth-order valence-electron chi connectivity index (χ4n) is 5.64. The summed E-state index contributed by atoms with van der Waals surface area (Å²) in [5.74, 6) is 0. The number of aromatic amines is 2. The van der Waals surface area contributed by atoms with E-state index < -0.39 is 28.9 Å². The Morgan fingerprint density at radius 1 is 0.488 bits per heavy atom. The van der Waals surface area contributed by atoms with Gasteiger partial charge in [-0.05, 0) is 58.7 Å². The number of nitrogens with one attached hydrogen (secondary N) is 2. The van der Waals surface area contributed by atoms with E-state index in [0.717, 1.165) is 36.4 Å². The smallest absolute Gasteiger partial charge is 0.361 e. The molecule has 4 aromatic carbocycles. The highest BCUT2D eigenvalue weighted by molar-refractivity contribution is 6.31. The van der Waals surface area contributed by atoms with Crippen molar-refractivity contribution in [1.82, 2.24) is 9.97 Å². The molecule has 2 N–H and O–H groups in total. The second-order valence-corrected chi connectivity index (χ2v) is 10.5. The van der Waals surface area contributed by atoms with E-state index in [9.17, 15) is 0 Å². The van der Waals surface area contributed by atoms with Crippen molar-refractivity contribution < 1.29 is 26.3 Å². The maximum absolute atomic E-state index is 15.5. The Kier molecular flexibility index (Phi) is 6.39. The third-order valence-electron chi connectivity index (χ3n) is 7.38. The summed E-state index contributed by atoms with van der Waals surface area (Å²) >= 11 is 12.4. The predicted molar refractivity (Wildman–Crippen MR) is 150 cm³/mol. The summed E-state index contributed by atoms with van der Waals surface area (Å²) in [4.78, 5) is 5.87. The number of aromatic nitrogens is 2. The van der Waals surface area contributed by atoms with Crippen LogP contribution in [0.1, 0.15) is 11.1 Å². The van der Waals surface area contributed by atoms with Gasteiger partial charge in [0.05, 0.1) is 0 Å². The zero-order valence-electron chi connectivity index (χ0n) is 20.8. The molecule has 0 saturated heterocycles. The van der Waals surface area contributed by atoms with Gasteiger partial charge in [0.15, 0.2) is 0 Å². The van der Waals surface area contributed by atoms with E-state index in [2.05, 4.69) is 9.97 Å². The van der Waals surface area contributed by atoms with Crippen LogP contribution in [-0.2, 0) is 5.41 Å². The second-order valence-electron chi connectivity index (χ2n) is 9.62. The minimum absolute atomic E-state index is 0.0137. The molecule has 6 aromatic rings. The van der Waals surface area contributed by atoms with E-state index in [1.807, 2.05) is 0 Å². The van der Waals surface area contributed by atoms with Crippen molar-refractivity contribution in [3.63, 3.8) is 0 Å². The van der Waals surface area contributed by atoms with Crippen LogP contribution in [0.2, 0.25) is 10.0 Å². The quantitative estimate of drug-likeness (QED) is 0.188. The fourth-order valence-corrected chi connectivity index (χ4v) is 5.98. The summed E-state index contributed by atoms with van der Waals surface area (Å²) in [6, 6.07) is 19.3. The molecular weight excluding hydrogens is 585 g/mol. The van der Waals surface area contributed by atoms with Crippen LogP contribution in [0.5, 0.6) is 0 Å². The first-order valence-electron chi connectivity index (χ1n) is 12.3. The van der Waals surface area contributed by atoms with Crippen molar-refractivity contribution >= 4 is 45.0 Å². The average molecular weight is 603 g/mol. The number of para-hydroxylation sites is 2. The molecule has 0 unspecified atom stereocenters. The SMILES string of the molecule is FC(F)(F)C(c1ccc(Cl)cc1-c1c[nH]c2ccccc12)(c1ccc(Cl)cc1-c1c[nH]c2ccccc12)C(F)(F)F. The van der Waals surface area contributed by atoms with Crippen molar-refractivity contribution in [3.8, 4) is 22.3 Å². The van der Waals surface area contributed by atoms with E-state index in [-0.39, 0.29) is 32.3 Å². The lowest BCUT2D eigenvalue weighted by Gasteiger charge is -2.40. The topological polar surface area (TPSA) is 31.6 Å². The van der Waals surface area contributed by atoms with Crippen LogP contribution in [0.4, 0.5) is 26.3 Å². The Morgan fingerprint density at radius 3 is 1.27 bits per heavy atom. The normalized spacial score (nSPS) is 12.9. The van der Waals surface area contributed by atoms with Crippen molar-refractivity contribution in [1.29, 1.82) is 0 Å². The molecule has 6 rings (SSSR count). The number of hydrogen-bond acceptors (Lipinski definition) is 0. The van der Waals surface area contributed by atoms with Gasteiger partial charge in [-0.3, -0.25) is 0 Å². The summed E-state index contributed by atoms with van der Waals surface area (Å²) in [7, 11) is 0. The molecule has 41 heavy (non-hydrogen) atoms. The standard InChI is InChI=1S/C31H18Cl2F6N2/c32-17-9-11-25(21(13-17)23-15-40-27-7-3-1-5-19(23)27)29(30(34,35)36,31(37,38)39)26-12-10-18(33)14-22(26)24-16-41-28-8-4-2-6-20(24)28/h1-16,40-41H. The molecule has 0 aliphatic rings. The Labute approximate surface area is 239 Å². The number of alkyl halides is 6. The summed E-state index contributed by atoms with van der Waals surface area (Å²) in [5.41, 5.74) is -5.68. The number of benzene rings is 4. The lowest BCUT2D eigenvalue weighted by Crippen LogP contribution is -2.55. The molecule has 0 radical (unpaired) electrons. The lowest BCUT2D eigenvalue weighted by molar-refractivity contribution is -0.288. The van der Waals surface area contributed by atoms with Crippen molar-refractivity contribution in [2.24, 2.45) is 0 Å². The molecule has 2 heterocycles. The minimum Gasteiger partial charge on any atom is -0.361 e. The van der Waals surface area contributed by atoms with E-state index in [1.165, 1.54) is 12.4 Å². The Bertz CT molecular complexity index is 1780. The molecule has 0 fully saturated rings. The molecule has 0 saturated carbocycles. The van der Waals surface area contributed by atoms with E-state index in [1.54, 1.807) is 48.5 Å². The maximum Gasteiger partial charge on any atom is 0.411 e. The van der Waals surface area contributed by atoms with Crippen LogP contribution < -0.4 is 0 Å². The number of rotatable bonds is 4. The molecule has 0 aliphatic carbocycles. The first-order valence-corrected chi connectivity index (χ1v) is 13.1. The van der Waals surface area contributed by atoms with Gasteiger partial charge in [0.2, 0.25) is 5.41 Å². The first-order chi connectivity index (χ1) is 19.4. The van der Waals surface area contributed by atoms with Gasteiger partial charge in [-0.2, -0.15) is 26.3 Å². The molecular formula is C31H18Cl2F6N2. The summed E-state index contributed by atoms with van der Waals surface area (Å²) in [6.45, 7) is 0. The highest BCUT2D eigenvalue weighted by Crippen LogP contribution is 2.60. The zero-order chi connectivity index (χ0) is 29.2. The van der Waals surface area contributed by atoms with Gasteiger partial charge in [-0.1, -0.05) is 71.7 Å². The molecule has 0 amide bonds. The molecule has 0 spiro atoms. The number of H-pyrrole nitrogens is 2. The first kappa shape index (κ1) is 27.3. The van der Waals surface area contributed by atoms with Crippen molar-refractivity contribution in [2.75, 3.05) is 0 Å². The van der Waals surface area contributed by atoms with Crippen molar-refractivity contribution in [2.45, 2.75) is 17.8 Å². The van der Waals surface area contributed by atoms with Gasteiger partial charge >= 0.3 is 12.4 Å². The van der Waals surface area contributed by atoms with Gasteiger partial charge in [-0.15, -0.1) is 0 Å². The summed E-state index contributed by atoms with van der Waals surface area (Å²) < 4.78 is 93.1. The zero-order valence-corrected chi connectivity index (χ0v) is 22.3. The van der Waals surface area contributed by atoms with Crippen LogP contribution in [0.25, 0.3) is 44.1 Å². The lowest BCUT2D eigenvalue weighted by atomic mass is 9.68. The molecule has 2 nitrogen and oxygen atoms in total. The second kappa shape index (κ2) is 9.60. The van der Waals surface area contributed by atoms with E-state index >= 15 is 26.3 Å². The molecule has 0 atom stereocenters. The fraction of sp³-hybridized carbons (Fsp3) is 0.0968. The maximum atomic E-state index is 15.5. The van der Waals surface area contributed by atoms with Gasteiger partial charge in [-0.25, -0.2) is 0 Å². The van der Waals surface area contributed by atoms with Gasteiger partial charge < -0.3 is 9.97 Å². The van der Waals surface area contributed by atoms with E-state index in [4.69, 9.17) is 23.2 Å². The predicted octanol–water partition coefficient (Wildman–Crippen LogP) is 10.7. The largest absolute Gasteiger partial charge is 0.411 e. The minimum atomic E-state index is -5.84. The molecule has 0 bridgehead atoms. The van der Waals surface area contributed by atoms with Crippen LogP contribution in [0, 0.1) is 0 Å². The highest BCUT2D eigenvalue weighted by Gasteiger charge is 2.73. The average Bonchev–Trinajstić information content (AvgIpc) is 3.53. The Hall–Kier alpha value is -3.88. The van der Waals surface area contributed by atoms with Crippen LogP contribution in [0.3, 0.4) is 0 Å². The molecule has 2 aromatic heterocycles. The summed E-state index contributed by atoms with van der Waals surface area (Å²) in [6.07, 6.45) is -8.90. The van der Waals surface area contributed by atoms with Crippen LogP contribution in [-0.4, -0.2) is 22.3 Å². The summed E-state index contributed by atoms with van der Waals surface area (Å²) in [5, 5.41) is 0.866. The highest BCUT2D eigenvalue weighted by atomic mass is 35.5. The third-order valence-corrected chi connectivity index (χ3v) is 7.85. The third kappa shape index (κ3) is 4.19. The molecule has 0 aliphatic heterocycles. The Balaban J connectivity index is 1.77. The van der Waals surface area contributed by atoms with Crippen molar-refractivity contribution in [3.05, 3.63) is 118 Å². The van der Waals surface area contributed by atoms with Gasteiger partial charge in [0.25, 0.3) is 0 Å². The number of fused-ring (bicyclic) bond motifs is 2. The van der Waals surface area contributed by atoms with Crippen LogP contribution >= 0.6 is 23.2 Å². The van der Waals surface area contributed by atoms with Crippen LogP contribution in [0.15, 0.2) is 97.3 Å². The molecule has 208 valence electrons.